The molecule has 4 heteroatoms. The largest absolute Gasteiger partial charge is 0.345 e. The van der Waals surface area contributed by atoms with Crippen molar-refractivity contribution in [2.45, 2.75) is 65.1 Å². The Morgan fingerprint density at radius 3 is 2.74 bits per heavy atom. The fraction of sp³-hybridized carbons (Fsp3) is 0.800. The summed E-state index contributed by atoms with van der Waals surface area (Å²) in [4.78, 5) is 8.77. The summed E-state index contributed by atoms with van der Waals surface area (Å²) in [6.07, 6.45) is 4.21. The molecule has 0 radical (unpaired) electrons. The second-order valence-corrected chi connectivity index (χ2v) is 8.16. The van der Waals surface area contributed by atoms with Crippen LogP contribution in [-0.2, 0) is 6.54 Å². The molecule has 1 aromatic rings. The molecule has 1 aromatic heterocycles. The highest BCUT2D eigenvalue weighted by Gasteiger charge is 2.39. The fourth-order valence-corrected chi connectivity index (χ4v) is 4.29. The molecular formula is C15H25N3S. The van der Waals surface area contributed by atoms with Crippen LogP contribution in [0.5, 0.6) is 0 Å². The average Bonchev–Trinajstić information content (AvgIpc) is 2.99. The standard InChI is InChI=1S/C15H25N3S/c1-10-13(8-16-15(2,3)4)19-14(17-10)18-9-11-5-6-12(18)7-11/h11-12,16H,5-9H2,1-4H3. The van der Waals surface area contributed by atoms with Crippen LogP contribution in [0.1, 0.15) is 50.6 Å². The lowest BCUT2D eigenvalue weighted by Crippen LogP contribution is -2.34. The number of nitrogens with zero attached hydrogens (tertiary/aromatic N) is 2. The van der Waals surface area contributed by atoms with Gasteiger partial charge in [-0.25, -0.2) is 4.98 Å². The Morgan fingerprint density at radius 2 is 2.16 bits per heavy atom. The SMILES string of the molecule is Cc1nc(N2CC3CCC2C3)sc1CNC(C)(C)C. The molecule has 2 bridgehead atoms. The van der Waals surface area contributed by atoms with E-state index in [9.17, 15) is 0 Å². The first kappa shape index (κ1) is 13.4. The van der Waals surface area contributed by atoms with E-state index in [1.165, 1.54) is 41.5 Å². The lowest BCUT2D eigenvalue weighted by atomic mass is 10.1. The molecule has 2 aliphatic rings. The number of aryl methyl sites for hydroxylation is 1. The Bertz CT molecular complexity index is 460. The molecule has 1 saturated heterocycles. The summed E-state index contributed by atoms with van der Waals surface area (Å²) in [5, 5.41) is 4.83. The molecule has 2 atom stereocenters. The molecule has 2 heterocycles. The fourth-order valence-electron chi connectivity index (χ4n) is 3.20. The van der Waals surface area contributed by atoms with Gasteiger partial charge in [0, 0.05) is 29.5 Å². The van der Waals surface area contributed by atoms with Gasteiger partial charge >= 0.3 is 0 Å². The minimum absolute atomic E-state index is 0.170. The average molecular weight is 279 g/mol. The summed E-state index contributed by atoms with van der Waals surface area (Å²) in [5.74, 6) is 0.936. The number of thiazole rings is 1. The molecular weight excluding hydrogens is 254 g/mol. The van der Waals surface area contributed by atoms with Crippen molar-refractivity contribution in [3.8, 4) is 0 Å². The molecule has 19 heavy (non-hydrogen) atoms. The van der Waals surface area contributed by atoms with Crippen molar-refractivity contribution >= 4 is 16.5 Å². The second kappa shape index (κ2) is 4.74. The molecule has 1 aliphatic heterocycles. The van der Waals surface area contributed by atoms with Crippen LogP contribution in [-0.4, -0.2) is 23.1 Å². The van der Waals surface area contributed by atoms with Crippen LogP contribution >= 0.6 is 11.3 Å². The molecule has 2 unspecified atom stereocenters. The monoisotopic (exact) mass is 279 g/mol. The molecule has 1 aliphatic carbocycles. The van der Waals surface area contributed by atoms with Crippen molar-refractivity contribution in [1.82, 2.24) is 10.3 Å². The van der Waals surface area contributed by atoms with Crippen molar-refractivity contribution in [3.63, 3.8) is 0 Å². The van der Waals surface area contributed by atoms with E-state index in [4.69, 9.17) is 4.98 Å². The summed E-state index contributed by atoms with van der Waals surface area (Å²) >= 11 is 1.89. The van der Waals surface area contributed by atoms with Crippen LogP contribution in [0.15, 0.2) is 0 Å². The van der Waals surface area contributed by atoms with E-state index in [1.807, 2.05) is 11.3 Å². The van der Waals surface area contributed by atoms with E-state index >= 15 is 0 Å². The molecule has 1 N–H and O–H groups in total. The van der Waals surface area contributed by atoms with Crippen molar-refractivity contribution in [2.24, 2.45) is 5.92 Å². The zero-order valence-electron chi connectivity index (χ0n) is 12.5. The first-order valence-electron chi connectivity index (χ1n) is 7.40. The first-order chi connectivity index (χ1) is 8.92. The summed E-state index contributed by atoms with van der Waals surface area (Å²) in [5.41, 5.74) is 1.38. The molecule has 2 fully saturated rings. The number of rotatable bonds is 3. The van der Waals surface area contributed by atoms with E-state index in [0.717, 1.165) is 18.5 Å². The Balaban J connectivity index is 1.71. The number of piperidine rings is 1. The van der Waals surface area contributed by atoms with E-state index in [1.54, 1.807) is 0 Å². The Labute approximate surface area is 120 Å². The van der Waals surface area contributed by atoms with Gasteiger partial charge < -0.3 is 10.2 Å². The molecule has 0 amide bonds. The Hall–Kier alpha value is -0.610. The van der Waals surface area contributed by atoms with Crippen molar-refractivity contribution in [3.05, 3.63) is 10.6 Å². The maximum absolute atomic E-state index is 4.82. The van der Waals surface area contributed by atoms with E-state index in [2.05, 4.69) is 37.9 Å². The number of aromatic nitrogens is 1. The topological polar surface area (TPSA) is 28.2 Å². The highest BCUT2D eigenvalue weighted by atomic mass is 32.1. The molecule has 1 saturated carbocycles. The van der Waals surface area contributed by atoms with Gasteiger partial charge in [0.15, 0.2) is 5.13 Å². The summed E-state index contributed by atoms with van der Waals surface area (Å²) < 4.78 is 0. The van der Waals surface area contributed by atoms with Gasteiger partial charge in [0.05, 0.1) is 5.69 Å². The molecule has 106 valence electrons. The van der Waals surface area contributed by atoms with Gasteiger partial charge in [-0.15, -0.1) is 11.3 Å². The maximum Gasteiger partial charge on any atom is 0.186 e. The number of hydrogen-bond donors (Lipinski definition) is 1. The van der Waals surface area contributed by atoms with Crippen LogP contribution in [0.25, 0.3) is 0 Å². The summed E-state index contributed by atoms with van der Waals surface area (Å²) in [6, 6.07) is 0.777. The van der Waals surface area contributed by atoms with Gasteiger partial charge in [-0.3, -0.25) is 0 Å². The molecule has 3 nitrogen and oxygen atoms in total. The number of fused-ring (bicyclic) bond motifs is 2. The molecule has 0 spiro atoms. The predicted molar refractivity (Wildman–Crippen MR) is 81.9 cm³/mol. The van der Waals surface area contributed by atoms with Gasteiger partial charge in [-0.05, 0) is 52.9 Å². The van der Waals surface area contributed by atoms with E-state index < -0.39 is 0 Å². The molecule has 0 aromatic carbocycles. The van der Waals surface area contributed by atoms with Gasteiger partial charge in [-0.2, -0.15) is 0 Å². The van der Waals surface area contributed by atoms with Crippen LogP contribution < -0.4 is 10.2 Å². The van der Waals surface area contributed by atoms with Crippen molar-refractivity contribution in [2.75, 3.05) is 11.4 Å². The van der Waals surface area contributed by atoms with Gasteiger partial charge in [0.1, 0.15) is 0 Å². The quantitative estimate of drug-likeness (QED) is 0.920. The number of anilines is 1. The third-order valence-electron chi connectivity index (χ3n) is 4.32. The minimum atomic E-state index is 0.170. The van der Waals surface area contributed by atoms with Gasteiger partial charge in [0.2, 0.25) is 0 Å². The van der Waals surface area contributed by atoms with Gasteiger partial charge in [0.25, 0.3) is 0 Å². The first-order valence-corrected chi connectivity index (χ1v) is 8.22. The zero-order valence-corrected chi connectivity index (χ0v) is 13.3. The zero-order chi connectivity index (χ0) is 13.6. The number of hydrogen-bond acceptors (Lipinski definition) is 4. The van der Waals surface area contributed by atoms with Gasteiger partial charge in [-0.1, -0.05) is 0 Å². The Morgan fingerprint density at radius 1 is 1.37 bits per heavy atom. The van der Waals surface area contributed by atoms with Crippen molar-refractivity contribution in [1.29, 1.82) is 0 Å². The smallest absolute Gasteiger partial charge is 0.186 e. The minimum Gasteiger partial charge on any atom is -0.345 e. The van der Waals surface area contributed by atoms with Crippen LogP contribution in [0.3, 0.4) is 0 Å². The van der Waals surface area contributed by atoms with Crippen LogP contribution in [0.2, 0.25) is 0 Å². The highest BCUT2D eigenvalue weighted by molar-refractivity contribution is 7.15. The van der Waals surface area contributed by atoms with Crippen LogP contribution in [0, 0.1) is 12.8 Å². The lowest BCUT2D eigenvalue weighted by Gasteiger charge is -2.26. The van der Waals surface area contributed by atoms with E-state index in [-0.39, 0.29) is 5.54 Å². The predicted octanol–water partition coefficient (Wildman–Crippen LogP) is 3.33. The summed E-state index contributed by atoms with van der Waals surface area (Å²) in [6.45, 7) is 11.0. The second-order valence-electron chi connectivity index (χ2n) is 7.09. The van der Waals surface area contributed by atoms with Crippen molar-refractivity contribution < 1.29 is 0 Å². The maximum atomic E-state index is 4.82. The highest BCUT2D eigenvalue weighted by Crippen LogP contribution is 2.41. The lowest BCUT2D eigenvalue weighted by molar-refractivity contribution is 0.425. The number of nitrogens with one attached hydrogen (secondary N) is 1. The van der Waals surface area contributed by atoms with Crippen LogP contribution in [0.4, 0.5) is 5.13 Å². The third kappa shape index (κ3) is 2.79. The summed E-state index contributed by atoms with van der Waals surface area (Å²) in [7, 11) is 0. The third-order valence-corrected chi connectivity index (χ3v) is 5.51. The Kier molecular flexibility index (Phi) is 3.34. The molecule has 3 rings (SSSR count). The van der Waals surface area contributed by atoms with E-state index in [0.29, 0.717) is 0 Å². The normalized spacial score (nSPS) is 26.4.